The zero-order chi connectivity index (χ0) is 32.2. The molecule has 244 valence electrons. The summed E-state index contributed by atoms with van der Waals surface area (Å²) in [5, 5.41) is 6.58. The van der Waals surface area contributed by atoms with E-state index < -0.39 is 10.1 Å². The van der Waals surface area contributed by atoms with Gasteiger partial charge in [-0.25, -0.2) is 8.42 Å². The highest BCUT2D eigenvalue weighted by atomic mass is 35.5. The summed E-state index contributed by atoms with van der Waals surface area (Å²) in [6, 6.07) is 18.3. The fourth-order valence-electron chi connectivity index (χ4n) is 8.32. The summed E-state index contributed by atoms with van der Waals surface area (Å²) >= 11 is 12.8. The van der Waals surface area contributed by atoms with Crippen molar-refractivity contribution in [3.05, 3.63) is 81.3 Å². The summed E-state index contributed by atoms with van der Waals surface area (Å²) in [6.07, 6.45) is 13.1. The first-order valence-electron chi connectivity index (χ1n) is 16.4. The fourth-order valence-corrected chi connectivity index (χ4v) is 8.63. The molecule has 1 saturated carbocycles. The molecule has 1 atom stereocenters. The number of nitrogens with one attached hydrogen (secondary N) is 1. The molecule has 9 heteroatoms. The average Bonchev–Trinajstić information content (AvgIpc) is 3.03. The molecule has 45 heavy (non-hydrogen) atoms. The molecule has 0 radical (unpaired) electrons. The number of quaternary nitrogens is 1. The Hall–Kier alpha value is -2.16. The molecule has 4 fully saturated rings. The second-order valence-corrected chi connectivity index (χ2v) is 16.0. The van der Waals surface area contributed by atoms with Gasteiger partial charge in [-0.15, -0.1) is 0 Å². The van der Waals surface area contributed by atoms with E-state index >= 15 is 0 Å². The second-order valence-electron chi connectivity index (χ2n) is 13.7. The highest BCUT2D eigenvalue weighted by molar-refractivity contribution is 7.84. The van der Waals surface area contributed by atoms with Gasteiger partial charge in [-0.1, -0.05) is 84.9 Å². The number of halogens is 2. The van der Waals surface area contributed by atoms with E-state index in [1.54, 1.807) is 0 Å². The van der Waals surface area contributed by atoms with Gasteiger partial charge in [0.25, 0.3) is 5.91 Å². The van der Waals surface area contributed by atoms with Crippen LogP contribution in [0.25, 0.3) is 10.8 Å². The van der Waals surface area contributed by atoms with Crippen molar-refractivity contribution in [3.8, 4) is 0 Å². The number of piperidine rings is 3. The van der Waals surface area contributed by atoms with Gasteiger partial charge in [-0.2, -0.15) is 0 Å². The topological polar surface area (TPSA) is 86.3 Å². The minimum absolute atomic E-state index is 0.000359. The van der Waals surface area contributed by atoms with E-state index in [-0.39, 0.29) is 11.8 Å². The molecule has 1 aliphatic carbocycles. The maximum Gasteiger partial charge on any atom is 0.252 e. The molecule has 3 heterocycles. The van der Waals surface area contributed by atoms with E-state index in [2.05, 4.69) is 23.5 Å². The summed E-state index contributed by atoms with van der Waals surface area (Å²) in [5.74, 6) is 1.16. The first kappa shape index (κ1) is 34.2. The first-order valence-corrected chi connectivity index (χ1v) is 18.9. The van der Waals surface area contributed by atoms with Crippen LogP contribution in [0.5, 0.6) is 0 Å². The normalized spacial score (nSPS) is 24.1. The lowest BCUT2D eigenvalue weighted by molar-refractivity contribution is -0.946. The van der Waals surface area contributed by atoms with Crippen molar-refractivity contribution in [2.24, 2.45) is 11.3 Å². The number of hydrogen-bond acceptors (Lipinski definition) is 4. The number of amides is 1. The van der Waals surface area contributed by atoms with Crippen LogP contribution >= 0.6 is 23.2 Å². The number of rotatable bonds is 8. The molecule has 0 aromatic heterocycles. The minimum atomic E-state index is -3.92. The van der Waals surface area contributed by atoms with Gasteiger partial charge in [-0.05, 0) is 65.1 Å². The van der Waals surface area contributed by atoms with Crippen molar-refractivity contribution >= 4 is 50.0 Å². The van der Waals surface area contributed by atoms with E-state index in [0.717, 1.165) is 46.3 Å². The number of fused-ring (bicyclic) bond motifs is 4. The summed E-state index contributed by atoms with van der Waals surface area (Å²) in [4.78, 5) is 13.6. The Morgan fingerprint density at radius 1 is 0.978 bits per heavy atom. The van der Waals surface area contributed by atoms with E-state index in [1.165, 1.54) is 75.5 Å². The maximum absolute atomic E-state index is 13.6. The molecule has 1 amide bonds. The Balaban J connectivity index is 0.000000743. The molecule has 3 saturated heterocycles. The van der Waals surface area contributed by atoms with Gasteiger partial charge in [0.1, 0.15) is 0 Å². The molecular weight excluding hydrogens is 627 g/mol. The summed E-state index contributed by atoms with van der Waals surface area (Å²) in [5.41, 5.74) is 3.57. The van der Waals surface area contributed by atoms with Crippen LogP contribution in [0.1, 0.15) is 85.2 Å². The lowest BCUT2D eigenvalue weighted by atomic mass is 9.59. The largest absolute Gasteiger partial charge is 0.748 e. The predicted molar refractivity (Wildman–Crippen MR) is 183 cm³/mol. The summed E-state index contributed by atoms with van der Waals surface area (Å²) in [6.45, 7) is 7.75. The van der Waals surface area contributed by atoms with Crippen molar-refractivity contribution in [1.29, 1.82) is 0 Å². The predicted octanol–water partition coefficient (Wildman–Crippen LogP) is 8.10. The molecule has 1 unspecified atom stereocenters. The number of hydrogen-bond donors (Lipinski definition) is 1. The van der Waals surface area contributed by atoms with Gasteiger partial charge in [0.2, 0.25) is 0 Å². The Morgan fingerprint density at radius 3 is 2.27 bits per heavy atom. The Bertz CT molecular complexity index is 1590. The number of carbonyl (C=O) groups is 1. The third-order valence-electron chi connectivity index (χ3n) is 11.0. The number of benzene rings is 3. The van der Waals surface area contributed by atoms with Crippen molar-refractivity contribution < 1.29 is 22.2 Å². The number of nitrogens with zero attached hydrogens (tertiary/aromatic N) is 1. The molecule has 3 aromatic carbocycles. The van der Waals surface area contributed by atoms with E-state index in [4.69, 9.17) is 36.2 Å². The average molecular weight is 674 g/mol. The van der Waals surface area contributed by atoms with Crippen LogP contribution < -0.4 is 5.32 Å². The van der Waals surface area contributed by atoms with E-state index in [9.17, 15) is 4.79 Å². The Kier molecular flexibility index (Phi) is 10.9. The molecule has 3 aliphatic heterocycles. The molecular formula is C36H46Cl2N2O4S. The lowest BCUT2D eigenvalue weighted by Crippen LogP contribution is -2.63. The maximum atomic E-state index is 13.6. The zero-order valence-electron chi connectivity index (χ0n) is 26.5. The molecule has 2 bridgehead atoms. The van der Waals surface area contributed by atoms with Gasteiger partial charge in [0, 0.05) is 44.4 Å². The molecule has 3 aromatic rings. The van der Waals surface area contributed by atoms with Gasteiger partial charge in [-0.3, -0.25) is 4.79 Å². The van der Waals surface area contributed by atoms with Crippen molar-refractivity contribution in [2.45, 2.75) is 70.6 Å². The van der Waals surface area contributed by atoms with Crippen LogP contribution in [0.4, 0.5) is 0 Å². The molecule has 7 rings (SSSR count). The molecule has 6 nitrogen and oxygen atoms in total. The van der Waals surface area contributed by atoms with Crippen LogP contribution in [0, 0.1) is 18.3 Å². The van der Waals surface area contributed by atoms with Crippen LogP contribution in [0.2, 0.25) is 10.0 Å². The van der Waals surface area contributed by atoms with Crippen LogP contribution in [0.3, 0.4) is 0 Å². The lowest BCUT2D eigenvalue weighted by Gasteiger charge is -2.58. The van der Waals surface area contributed by atoms with Crippen molar-refractivity contribution in [3.63, 3.8) is 0 Å². The fraction of sp³-hybridized carbons (Fsp3) is 0.528. The first-order chi connectivity index (χ1) is 21.4. The van der Waals surface area contributed by atoms with Gasteiger partial charge in [0.05, 0.1) is 51.9 Å². The van der Waals surface area contributed by atoms with Crippen LogP contribution in [0.15, 0.2) is 54.6 Å². The second kappa shape index (κ2) is 14.3. The smallest absolute Gasteiger partial charge is 0.252 e. The molecule has 1 N–H and O–H groups in total. The van der Waals surface area contributed by atoms with Crippen molar-refractivity contribution in [2.75, 3.05) is 39.0 Å². The number of carbonyl (C=O) groups excluding carboxylic acids is 1. The SMILES string of the molecule is CS(=O)(=O)[O-].Cc1ccc2ccccc2c1C(=O)NCC(CC[N+]12CCC(C3CCCCC3)(CC1)CC2)c1ccc(Cl)c(Cl)c1. The van der Waals surface area contributed by atoms with Gasteiger partial charge < -0.3 is 14.4 Å². The van der Waals surface area contributed by atoms with Crippen LogP contribution in [-0.2, 0) is 10.1 Å². The van der Waals surface area contributed by atoms with E-state index in [1.807, 2.05) is 43.3 Å². The standard InChI is InChI=1S/C35H42Cl2N2O.CH4O3S/c1-25-11-12-26-7-5-6-10-30(26)33(25)34(40)38-24-28(27-13-14-31(36)32(37)23-27)15-19-39-20-16-35(17-21-39,18-22-39)29-8-3-2-4-9-29;1-5(2,3)4/h5-7,10-14,23,28-29H,2-4,8-9,15-22,24H2,1H3;1H3,(H,2,3,4). The Morgan fingerprint density at radius 2 is 1.62 bits per heavy atom. The molecule has 0 spiro atoms. The highest BCUT2D eigenvalue weighted by Crippen LogP contribution is 2.53. The minimum Gasteiger partial charge on any atom is -0.748 e. The highest BCUT2D eigenvalue weighted by Gasteiger charge is 2.52. The zero-order valence-corrected chi connectivity index (χ0v) is 28.8. The van der Waals surface area contributed by atoms with Crippen molar-refractivity contribution in [1.82, 2.24) is 5.32 Å². The summed E-state index contributed by atoms with van der Waals surface area (Å²) in [7, 11) is -3.92. The van der Waals surface area contributed by atoms with Crippen LogP contribution in [-0.4, -0.2) is 62.3 Å². The third-order valence-corrected chi connectivity index (χ3v) is 11.7. The monoisotopic (exact) mass is 672 g/mol. The molecule has 4 aliphatic rings. The quantitative estimate of drug-likeness (QED) is 0.194. The number of aryl methyl sites for hydroxylation is 1. The third kappa shape index (κ3) is 8.41. The van der Waals surface area contributed by atoms with Gasteiger partial charge >= 0.3 is 0 Å². The van der Waals surface area contributed by atoms with E-state index in [0.29, 0.717) is 28.3 Å². The summed E-state index contributed by atoms with van der Waals surface area (Å²) < 4.78 is 28.5. The van der Waals surface area contributed by atoms with Gasteiger partial charge in [0.15, 0.2) is 0 Å². The Labute approximate surface area is 278 Å².